The minimum absolute atomic E-state index is 0.318. The molecule has 0 spiro atoms. The van der Waals surface area contributed by atoms with E-state index >= 15 is 0 Å². The van der Waals surface area contributed by atoms with E-state index in [1.165, 1.54) is 12.0 Å². The molecule has 0 aliphatic carbocycles. The minimum Gasteiger partial charge on any atom is -0.490 e. The Morgan fingerprint density at radius 3 is 2.94 bits per heavy atom. The van der Waals surface area contributed by atoms with Crippen molar-refractivity contribution in [1.82, 2.24) is 0 Å². The number of hydrogen-bond donors (Lipinski definition) is 0. The first kappa shape index (κ1) is 12.2. The van der Waals surface area contributed by atoms with Gasteiger partial charge in [0.2, 0.25) is 0 Å². The molecule has 0 aromatic heterocycles. The molecule has 2 rings (SSSR count). The highest BCUT2D eigenvalue weighted by atomic mass is 16.6. The van der Waals surface area contributed by atoms with Crippen LogP contribution in [-0.2, 0) is 11.2 Å². The maximum absolute atomic E-state index is 5.76. The van der Waals surface area contributed by atoms with Gasteiger partial charge in [-0.2, -0.15) is 0 Å². The number of hydrogen-bond acceptors (Lipinski definition) is 2. The van der Waals surface area contributed by atoms with Crippen LogP contribution in [-0.4, -0.2) is 19.3 Å². The van der Waals surface area contributed by atoms with Gasteiger partial charge in [0, 0.05) is 0 Å². The molecule has 1 aliphatic heterocycles. The van der Waals surface area contributed by atoms with Crippen LogP contribution in [0, 0.1) is 0 Å². The third kappa shape index (κ3) is 4.23. The Hall–Kier alpha value is -1.28. The van der Waals surface area contributed by atoms with Crippen LogP contribution in [0.15, 0.2) is 36.4 Å². The Balaban J connectivity index is 1.89. The lowest BCUT2D eigenvalue weighted by Gasteiger charge is -2.08. The van der Waals surface area contributed by atoms with Crippen LogP contribution < -0.4 is 4.74 Å². The molecule has 1 unspecified atom stereocenters. The van der Waals surface area contributed by atoms with Crippen molar-refractivity contribution >= 4 is 0 Å². The molecule has 92 valence electrons. The van der Waals surface area contributed by atoms with Gasteiger partial charge in [-0.1, -0.05) is 43.7 Å². The van der Waals surface area contributed by atoms with Crippen LogP contribution in [0.2, 0.25) is 0 Å². The van der Waals surface area contributed by atoms with Crippen molar-refractivity contribution in [2.75, 3.05) is 13.2 Å². The number of benzene rings is 1. The Kier molecular flexibility index (Phi) is 4.63. The van der Waals surface area contributed by atoms with Gasteiger partial charge in [-0.15, -0.1) is 0 Å². The first-order chi connectivity index (χ1) is 8.40. The lowest BCUT2D eigenvalue weighted by molar-refractivity contribution is 0.261. The normalized spacial score (nSPS) is 18.5. The van der Waals surface area contributed by atoms with Gasteiger partial charge in [-0.25, -0.2) is 0 Å². The topological polar surface area (TPSA) is 21.8 Å². The zero-order valence-electron chi connectivity index (χ0n) is 10.4. The van der Waals surface area contributed by atoms with Gasteiger partial charge in [0.1, 0.15) is 18.5 Å². The fourth-order valence-corrected chi connectivity index (χ4v) is 1.66. The zero-order chi connectivity index (χ0) is 11.9. The van der Waals surface area contributed by atoms with Gasteiger partial charge in [0.15, 0.2) is 0 Å². The summed E-state index contributed by atoms with van der Waals surface area (Å²) in [6.45, 7) is 3.71. The molecule has 2 heteroatoms. The standard InChI is InChI=1S/C15H20O2/c1-2-3-4-5-8-13-9-6-7-10-15(13)17-12-14-11-16-14/h4-7,9-10,14H,2-3,8,11-12H2,1H3/b5-4+. The van der Waals surface area contributed by atoms with Gasteiger partial charge in [0.05, 0.1) is 6.61 Å². The summed E-state index contributed by atoms with van der Waals surface area (Å²) in [5.74, 6) is 0.990. The number of ether oxygens (including phenoxy) is 2. The number of para-hydroxylation sites is 1. The van der Waals surface area contributed by atoms with Gasteiger partial charge in [-0.3, -0.25) is 0 Å². The SMILES string of the molecule is CCC/C=C/Cc1ccccc1OCC1CO1. The molecule has 1 aromatic carbocycles. The van der Waals surface area contributed by atoms with Crippen LogP contribution in [0.4, 0.5) is 0 Å². The van der Waals surface area contributed by atoms with E-state index in [4.69, 9.17) is 9.47 Å². The van der Waals surface area contributed by atoms with Crippen LogP contribution in [0.1, 0.15) is 25.3 Å². The summed E-state index contributed by atoms with van der Waals surface area (Å²) in [4.78, 5) is 0. The van der Waals surface area contributed by atoms with E-state index in [1.54, 1.807) is 0 Å². The Bertz CT molecular complexity index is 367. The maximum Gasteiger partial charge on any atom is 0.122 e. The molecule has 0 saturated carbocycles. The van der Waals surface area contributed by atoms with Gasteiger partial charge < -0.3 is 9.47 Å². The van der Waals surface area contributed by atoms with Crippen LogP contribution in [0.3, 0.4) is 0 Å². The largest absolute Gasteiger partial charge is 0.490 e. The lowest BCUT2D eigenvalue weighted by atomic mass is 10.1. The van der Waals surface area contributed by atoms with E-state index in [0.29, 0.717) is 12.7 Å². The van der Waals surface area contributed by atoms with Crippen molar-refractivity contribution < 1.29 is 9.47 Å². The van der Waals surface area contributed by atoms with E-state index in [1.807, 2.05) is 12.1 Å². The fraction of sp³-hybridized carbons (Fsp3) is 0.467. The smallest absolute Gasteiger partial charge is 0.122 e. The average molecular weight is 232 g/mol. The summed E-state index contributed by atoms with van der Waals surface area (Å²) in [7, 11) is 0. The van der Waals surface area contributed by atoms with Gasteiger partial charge >= 0.3 is 0 Å². The molecule has 0 bridgehead atoms. The molecule has 1 aliphatic rings. The predicted molar refractivity (Wildman–Crippen MR) is 69.4 cm³/mol. The molecular weight excluding hydrogens is 212 g/mol. The van der Waals surface area contributed by atoms with Crippen LogP contribution in [0.5, 0.6) is 5.75 Å². The third-order valence-electron chi connectivity index (χ3n) is 2.76. The highest BCUT2D eigenvalue weighted by molar-refractivity contribution is 5.34. The molecule has 1 saturated heterocycles. The maximum atomic E-state index is 5.76. The molecule has 2 nitrogen and oxygen atoms in total. The highest BCUT2D eigenvalue weighted by Crippen LogP contribution is 2.21. The Morgan fingerprint density at radius 2 is 2.18 bits per heavy atom. The monoisotopic (exact) mass is 232 g/mol. The molecule has 0 radical (unpaired) electrons. The second kappa shape index (κ2) is 6.45. The Labute approximate surface area is 103 Å². The molecule has 1 atom stereocenters. The highest BCUT2D eigenvalue weighted by Gasteiger charge is 2.23. The number of epoxide rings is 1. The van der Waals surface area contributed by atoms with Crippen molar-refractivity contribution in [3.63, 3.8) is 0 Å². The molecule has 0 N–H and O–H groups in total. The first-order valence-electron chi connectivity index (χ1n) is 6.37. The predicted octanol–water partition coefficient (Wildman–Crippen LogP) is 3.36. The van der Waals surface area contributed by atoms with Crippen LogP contribution in [0.25, 0.3) is 0 Å². The molecule has 17 heavy (non-hydrogen) atoms. The second-order valence-electron chi connectivity index (χ2n) is 4.34. The molecule has 1 aromatic rings. The molecule has 1 heterocycles. The summed E-state index contributed by atoms with van der Waals surface area (Å²) in [5.41, 5.74) is 1.25. The number of allylic oxidation sites excluding steroid dienone is 2. The van der Waals surface area contributed by atoms with Gasteiger partial charge in [-0.05, 0) is 24.5 Å². The number of unbranched alkanes of at least 4 members (excludes halogenated alkanes) is 1. The molecule has 0 amide bonds. The number of rotatable bonds is 7. The van der Waals surface area contributed by atoms with E-state index in [2.05, 4.69) is 31.2 Å². The fourth-order valence-electron chi connectivity index (χ4n) is 1.66. The quantitative estimate of drug-likeness (QED) is 0.531. The van der Waals surface area contributed by atoms with Crippen molar-refractivity contribution in [2.24, 2.45) is 0 Å². The minimum atomic E-state index is 0.318. The van der Waals surface area contributed by atoms with Crippen molar-refractivity contribution in [1.29, 1.82) is 0 Å². The zero-order valence-corrected chi connectivity index (χ0v) is 10.4. The summed E-state index contributed by atoms with van der Waals surface area (Å²) in [6.07, 6.45) is 8.08. The van der Waals surface area contributed by atoms with Crippen LogP contribution >= 0.6 is 0 Å². The average Bonchev–Trinajstić information content (AvgIpc) is 3.17. The summed E-state index contributed by atoms with van der Waals surface area (Å²) >= 11 is 0. The second-order valence-corrected chi connectivity index (χ2v) is 4.34. The van der Waals surface area contributed by atoms with E-state index < -0.39 is 0 Å². The molecular formula is C15H20O2. The third-order valence-corrected chi connectivity index (χ3v) is 2.76. The van der Waals surface area contributed by atoms with E-state index in [-0.39, 0.29) is 0 Å². The van der Waals surface area contributed by atoms with Crippen molar-refractivity contribution in [3.8, 4) is 5.75 Å². The van der Waals surface area contributed by atoms with E-state index in [0.717, 1.165) is 25.2 Å². The Morgan fingerprint density at radius 1 is 1.35 bits per heavy atom. The summed E-state index contributed by atoms with van der Waals surface area (Å²) in [6, 6.07) is 8.23. The van der Waals surface area contributed by atoms with E-state index in [9.17, 15) is 0 Å². The summed E-state index contributed by atoms with van der Waals surface area (Å²) in [5, 5.41) is 0. The van der Waals surface area contributed by atoms with Crippen molar-refractivity contribution in [3.05, 3.63) is 42.0 Å². The van der Waals surface area contributed by atoms with Gasteiger partial charge in [0.25, 0.3) is 0 Å². The first-order valence-corrected chi connectivity index (χ1v) is 6.37. The van der Waals surface area contributed by atoms with Crippen molar-refractivity contribution in [2.45, 2.75) is 32.3 Å². The lowest BCUT2D eigenvalue weighted by Crippen LogP contribution is -2.05. The summed E-state index contributed by atoms with van der Waals surface area (Å²) < 4.78 is 10.9. The molecule has 1 fully saturated rings.